The largest absolute Gasteiger partial charge is 0.354 e. The number of pyridine rings is 1. The van der Waals surface area contributed by atoms with Gasteiger partial charge in [-0.25, -0.2) is 9.97 Å². The van der Waals surface area contributed by atoms with Crippen LogP contribution in [0.15, 0.2) is 30.7 Å². The lowest BCUT2D eigenvalue weighted by atomic mass is 10.1. The predicted molar refractivity (Wildman–Crippen MR) is 105 cm³/mol. The maximum atomic E-state index is 12.9. The number of hydrogen-bond acceptors (Lipinski definition) is 5. The molecular weight excluding hydrogens is 340 g/mol. The molecule has 4 heterocycles. The number of piperazine rings is 1. The number of fused-ring (bicyclic) bond motifs is 1. The van der Waals surface area contributed by atoms with Crippen molar-refractivity contribution in [3.8, 4) is 0 Å². The van der Waals surface area contributed by atoms with E-state index in [0.717, 1.165) is 31.3 Å². The van der Waals surface area contributed by atoms with Crippen molar-refractivity contribution in [2.75, 3.05) is 37.6 Å². The second-order valence-electron chi connectivity index (χ2n) is 7.46. The van der Waals surface area contributed by atoms with Crippen LogP contribution in [-0.2, 0) is 13.6 Å². The Hall–Kier alpha value is -2.41. The van der Waals surface area contributed by atoms with Crippen LogP contribution < -0.4 is 4.90 Å². The number of hydrogen-bond donors (Lipinski definition) is 0. The van der Waals surface area contributed by atoms with Gasteiger partial charge in [0.25, 0.3) is 5.91 Å². The number of anilines is 1. The van der Waals surface area contributed by atoms with Crippen LogP contribution >= 0.6 is 0 Å². The first-order chi connectivity index (χ1) is 13.2. The highest BCUT2D eigenvalue weighted by atomic mass is 16.2. The highest BCUT2D eigenvalue weighted by Crippen LogP contribution is 2.24. The first-order valence-electron chi connectivity index (χ1n) is 9.86. The SMILES string of the molecule is CCN(Cc1nccn1C)C(=O)c1ccc(N2CCN3CCCC3C2)nc1. The molecule has 2 aliphatic heterocycles. The van der Waals surface area contributed by atoms with Gasteiger partial charge in [0, 0.05) is 57.9 Å². The van der Waals surface area contributed by atoms with Crippen LogP contribution in [0.3, 0.4) is 0 Å². The molecule has 7 heteroatoms. The van der Waals surface area contributed by atoms with E-state index < -0.39 is 0 Å². The smallest absolute Gasteiger partial charge is 0.255 e. The standard InChI is InChI=1S/C20H28N6O/c1-3-24(15-19-21-8-10-23(19)2)20(27)16-6-7-18(22-13-16)26-12-11-25-9-4-5-17(25)14-26/h6-8,10,13,17H,3-5,9,11-12,14-15H2,1-2H3. The summed E-state index contributed by atoms with van der Waals surface area (Å²) in [4.78, 5) is 28.6. The van der Waals surface area contributed by atoms with Gasteiger partial charge in [-0.15, -0.1) is 0 Å². The Morgan fingerprint density at radius 2 is 2.15 bits per heavy atom. The van der Waals surface area contributed by atoms with Crippen LogP contribution in [0.2, 0.25) is 0 Å². The van der Waals surface area contributed by atoms with E-state index in [1.807, 2.05) is 36.9 Å². The molecule has 144 valence electrons. The summed E-state index contributed by atoms with van der Waals surface area (Å²) in [6, 6.07) is 4.56. The van der Waals surface area contributed by atoms with Crippen molar-refractivity contribution in [2.24, 2.45) is 7.05 Å². The summed E-state index contributed by atoms with van der Waals surface area (Å²) in [6.45, 7) is 7.53. The lowest BCUT2D eigenvalue weighted by molar-refractivity contribution is 0.0747. The Morgan fingerprint density at radius 1 is 1.26 bits per heavy atom. The molecule has 2 fully saturated rings. The van der Waals surface area contributed by atoms with Crippen molar-refractivity contribution in [3.63, 3.8) is 0 Å². The third-order valence-electron chi connectivity index (χ3n) is 5.83. The van der Waals surface area contributed by atoms with Gasteiger partial charge in [-0.3, -0.25) is 9.69 Å². The Labute approximate surface area is 160 Å². The zero-order valence-electron chi connectivity index (χ0n) is 16.2. The number of rotatable bonds is 5. The van der Waals surface area contributed by atoms with E-state index in [9.17, 15) is 4.79 Å². The van der Waals surface area contributed by atoms with Gasteiger partial charge in [0.15, 0.2) is 0 Å². The third-order valence-corrected chi connectivity index (χ3v) is 5.83. The summed E-state index contributed by atoms with van der Waals surface area (Å²) in [7, 11) is 1.95. The van der Waals surface area contributed by atoms with Gasteiger partial charge in [-0.1, -0.05) is 0 Å². The molecule has 1 atom stereocenters. The molecule has 7 nitrogen and oxygen atoms in total. The zero-order chi connectivity index (χ0) is 18.8. The van der Waals surface area contributed by atoms with Gasteiger partial charge in [0.2, 0.25) is 0 Å². The Kier molecular flexibility index (Phi) is 5.11. The molecule has 4 rings (SSSR count). The topological polar surface area (TPSA) is 57.5 Å². The molecule has 1 unspecified atom stereocenters. The number of aromatic nitrogens is 3. The van der Waals surface area contributed by atoms with E-state index in [0.29, 0.717) is 24.7 Å². The van der Waals surface area contributed by atoms with Crippen molar-refractivity contribution < 1.29 is 4.79 Å². The second kappa shape index (κ2) is 7.68. The molecule has 0 aliphatic carbocycles. The lowest BCUT2D eigenvalue weighted by Gasteiger charge is -2.38. The molecule has 2 aliphatic rings. The quantitative estimate of drug-likeness (QED) is 0.805. The Morgan fingerprint density at radius 3 is 2.85 bits per heavy atom. The molecule has 2 saturated heterocycles. The molecule has 0 saturated carbocycles. The lowest BCUT2D eigenvalue weighted by Crippen LogP contribution is -2.50. The van der Waals surface area contributed by atoms with E-state index in [-0.39, 0.29) is 5.91 Å². The summed E-state index contributed by atoms with van der Waals surface area (Å²) < 4.78 is 1.94. The van der Waals surface area contributed by atoms with Gasteiger partial charge < -0.3 is 14.4 Å². The van der Waals surface area contributed by atoms with Crippen LogP contribution in [0, 0.1) is 0 Å². The minimum atomic E-state index is 0.000150. The van der Waals surface area contributed by atoms with Gasteiger partial charge in [0.1, 0.15) is 11.6 Å². The van der Waals surface area contributed by atoms with Gasteiger partial charge >= 0.3 is 0 Å². The fraction of sp³-hybridized carbons (Fsp3) is 0.550. The molecule has 2 aromatic rings. The summed E-state index contributed by atoms with van der Waals surface area (Å²) in [5.41, 5.74) is 0.634. The average molecular weight is 368 g/mol. The molecule has 0 bridgehead atoms. The minimum Gasteiger partial charge on any atom is -0.354 e. The summed E-state index contributed by atoms with van der Waals surface area (Å²) in [6.07, 6.45) is 7.97. The minimum absolute atomic E-state index is 0.000150. The van der Waals surface area contributed by atoms with Crippen LogP contribution in [0.25, 0.3) is 0 Å². The van der Waals surface area contributed by atoms with E-state index in [1.165, 1.54) is 19.4 Å². The van der Waals surface area contributed by atoms with Gasteiger partial charge in [-0.2, -0.15) is 0 Å². The van der Waals surface area contributed by atoms with E-state index in [2.05, 4.69) is 19.8 Å². The third kappa shape index (κ3) is 3.69. The Balaban J connectivity index is 1.43. The van der Waals surface area contributed by atoms with Crippen molar-refractivity contribution >= 4 is 11.7 Å². The van der Waals surface area contributed by atoms with Crippen molar-refractivity contribution in [3.05, 3.63) is 42.1 Å². The molecule has 0 N–H and O–H groups in total. The predicted octanol–water partition coefficient (Wildman–Crippen LogP) is 1.76. The van der Waals surface area contributed by atoms with E-state index in [4.69, 9.17) is 0 Å². The first-order valence-corrected chi connectivity index (χ1v) is 9.86. The molecule has 0 spiro atoms. The number of imidazole rings is 1. The van der Waals surface area contributed by atoms with Crippen LogP contribution in [-0.4, -0.2) is 69.0 Å². The molecule has 1 amide bonds. The Bertz CT molecular complexity index is 786. The highest BCUT2D eigenvalue weighted by molar-refractivity contribution is 5.94. The summed E-state index contributed by atoms with van der Waals surface area (Å²) in [5, 5.41) is 0. The molecule has 2 aromatic heterocycles. The van der Waals surface area contributed by atoms with Gasteiger partial charge in [0.05, 0.1) is 12.1 Å². The highest BCUT2D eigenvalue weighted by Gasteiger charge is 2.31. The van der Waals surface area contributed by atoms with Crippen LogP contribution in [0.4, 0.5) is 5.82 Å². The number of aryl methyl sites for hydroxylation is 1. The van der Waals surface area contributed by atoms with Crippen molar-refractivity contribution in [1.82, 2.24) is 24.3 Å². The molecule has 0 radical (unpaired) electrons. The van der Waals surface area contributed by atoms with Gasteiger partial charge in [-0.05, 0) is 38.4 Å². The molecule has 27 heavy (non-hydrogen) atoms. The van der Waals surface area contributed by atoms with E-state index in [1.54, 1.807) is 17.3 Å². The summed E-state index contributed by atoms with van der Waals surface area (Å²) >= 11 is 0. The first kappa shape index (κ1) is 18.0. The van der Waals surface area contributed by atoms with E-state index >= 15 is 0 Å². The number of carbonyl (C=O) groups is 1. The average Bonchev–Trinajstić information content (AvgIpc) is 3.33. The second-order valence-corrected chi connectivity index (χ2v) is 7.46. The normalized spacial score (nSPS) is 19.9. The fourth-order valence-corrected chi connectivity index (χ4v) is 4.13. The number of carbonyl (C=O) groups excluding carboxylic acids is 1. The summed E-state index contributed by atoms with van der Waals surface area (Å²) in [5.74, 6) is 1.86. The maximum absolute atomic E-state index is 12.9. The van der Waals surface area contributed by atoms with Crippen LogP contribution in [0.5, 0.6) is 0 Å². The van der Waals surface area contributed by atoms with Crippen LogP contribution in [0.1, 0.15) is 35.9 Å². The van der Waals surface area contributed by atoms with Crippen molar-refractivity contribution in [1.29, 1.82) is 0 Å². The zero-order valence-corrected chi connectivity index (χ0v) is 16.2. The van der Waals surface area contributed by atoms with Crippen molar-refractivity contribution in [2.45, 2.75) is 32.4 Å². The molecular formula is C20H28N6O. The molecule has 0 aromatic carbocycles. The maximum Gasteiger partial charge on any atom is 0.255 e. The fourth-order valence-electron chi connectivity index (χ4n) is 4.13. The number of amides is 1. The number of nitrogens with zero attached hydrogens (tertiary/aromatic N) is 6. The monoisotopic (exact) mass is 368 g/mol.